The molecule has 0 aliphatic heterocycles. The Bertz CT molecular complexity index is 1180. The molecule has 10 atom stereocenters. The highest BCUT2D eigenvalue weighted by molar-refractivity contribution is 14.1. The highest BCUT2D eigenvalue weighted by Gasteiger charge is 2.64. The van der Waals surface area contributed by atoms with Crippen LogP contribution in [-0.2, 0) is 10.0 Å². The SMILES string of the molecule is CC[C@H]1[C@@H](O)[C@@H]2[C@H](CC[C@]3(C)[C@@H]([C@H](C)CCNC(=O)NS(=O)(=O)c4ccc(I)cc4)CC[C@@H]23)[C@@]2(C)CCCC[C@@H]12. The summed E-state index contributed by atoms with van der Waals surface area (Å²) < 4.78 is 28.2. The zero-order valence-corrected chi connectivity index (χ0v) is 27.6. The first kappa shape index (κ1) is 30.6. The Balaban J connectivity index is 1.21. The molecule has 8 heteroatoms. The van der Waals surface area contributed by atoms with Gasteiger partial charge in [0.15, 0.2) is 0 Å². The Morgan fingerprint density at radius 2 is 1.73 bits per heavy atom. The van der Waals surface area contributed by atoms with Crippen LogP contribution in [0.5, 0.6) is 0 Å². The van der Waals surface area contributed by atoms with Gasteiger partial charge < -0.3 is 10.4 Å². The topological polar surface area (TPSA) is 95.5 Å². The Morgan fingerprint density at radius 1 is 1.02 bits per heavy atom. The number of sulfonamides is 1. The number of urea groups is 1. The summed E-state index contributed by atoms with van der Waals surface area (Å²) in [5, 5.41) is 14.7. The number of aliphatic hydroxyl groups excluding tert-OH is 1. The van der Waals surface area contributed by atoms with Crippen LogP contribution < -0.4 is 10.0 Å². The molecule has 4 aliphatic rings. The third-order valence-electron chi connectivity index (χ3n) is 12.3. The molecule has 0 aromatic heterocycles. The lowest BCUT2D eigenvalue weighted by atomic mass is 9.41. The number of nitrogens with one attached hydrogen (secondary N) is 2. The van der Waals surface area contributed by atoms with Gasteiger partial charge in [-0.3, -0.25) is 0 Å². The number of carbonyl (C=O) groups is 1. The van der Waals surface area contributed by atoms with Gasteiger partial charge in [-0.05, 0) is 144 Å². The van der Waals surface area contributed by atoms with Crippen molar-refractivity contribution >= 4 is 38.6 Å². The molecule has 3 N–H and O–H groups in total. The monoisotopic (exact) mass is 684 g/mol. The molecule has 4 fully saturated rings. The van der Waals surface area contributed by atoms with Gasteiger partial charge in [0.25, 0.3) is 10.0 Å². The van der Waals surface area contributed by atoms with Crippen LogP contribution in [0.3, 0.4) is 0 Å². The smallest absolute Gasteiger partial charge is 0.328 e. The predicted molar refractivity (Wildman–Crippen MR) is 167 cm³/mol. The van der Waals surface area contributed by atoms with Crippen molar-refractivity contribution in [2.24, 2.45) is 52.3 Å². The van der Waals surface area contributed by atoms with Crippen LogP contribution in [0.1, 0.15) is 91.9 Å². The summed E-state index contributed by atoms with van der Waals surface area (Å²) in [7, 11) is -3.89. The number of hydrogen-bond acceptors (Lipinski definition) is 4. The Hall–Kier alpha value is -0.870. The fourth-order valence-corrected chi connectivity index (χ4v) is 11.7. The van der Waals surface area contributed by atoms with E-state index in [-0.39, 0.29) is 16.4 Å². The molecule has 4 aliphatic carbocycles. The number of fused-ring (bicyclic) bond motifs is 5. The van der Waals surface area contributed by atoms with Crippen LogP contribution in [-0.4, -0.2) is 32.2 Å². The third kappa shape index (κ3) is 5.36. The summed E-state index contributed by atoms with van der Waals surface area (Å²) in [6, 6.07) is 5.76. The van der Waals surface area contributed by atoms with E-state index in [4.69, 9.17) is 0 Å². The molecule has 0 spiro atoms. The van der Waals surface area contributed by atoms with Gasteiger partial charge in [-0.25, -0.2) is 17.9 Å². The number of halogens is 1. The summed E-state index contributed by atoms with van der Waals surface area (Å²) in [5.74, 6) is 3.71. The van der Waals surface area contributed by atoms with Crippen LogP contribution in [0.4, 0.5) is 4.79 Å². The van der Waals surface area contributed by atoms with Crippen LogP contribution in [0.2, 0.25) is 0 Å². The van der Waals surface area contributed by atoms with Crippen molar-refractivity contribution in [1.29, 1.82) is 0 Å². The first-order valence-electron chi connectivity index (χ1n) is 15.7. The van der Waals surface area contributed by atoms with E-state index in [9.17, 15) is 18.3 Å². The van der Waals surface area contributed by atoms with Crippen molar-refractivity contribution in [2.45, 2.75) is 103 Å². The fraction of sp³-hybridized carbons (Fsp3) is 0.781. The fourth-order valence-electron chi connectivity index (χ4n) is 10.5. The molecule has 40 heavy (non-hydrogen) atoms. The van der Waals surface area contributed by atoms with Gasteiger partial charge in [-0.1, -0.05) is 47.0 Å². The van der Waals surface area contributed by atoms with E-state index >= 15 is 0 Å². The van der Waals surface area contributed by atoms with E-state index in [2.05, 4.69) is 60.3 Å². The minimum Gasteiger partial charge on any atom is -0.393 e. The van der Waals surface area contributed by atoms with Crippen LogP contribution in [0.15, 0.2) is 29.2 Å². The molecular formula is C32H49IN2O4S. The number of benzene rings is 1. The molecule has 6 nitrogen and oxygen atoms in total. The molecule has 1 aromatic rings. The van der Waals surface area contributed by atoms with E-state index in [1.54, 1.807) is 12.1 Å². The number of hydrogen-bond donors (Lipinski definition) is 3. The molecule has 2 amide bonds. The van der Waals surface area contributed by atoms with Gasteiger partial charge in [0.1, 0.15) is 0 Å². The average Bonchev–Trinajstić information content (AvgIpc) is 3.26. The van der Waals surface area contributed by atoms with Gasteiger partial charge in [-0.15, -0.1) is 0 Å². The molecule has 0 radical (unpaired) electrons. The molecule has 0 bridgehead atoms. The maximum absolute atomic E-state index is 12.6. The molecule has 0 unspecified atom stereocenters. The quantitative estimate of drug-likeness (QED) is 0.271. The van der Waals surface area contributed by atoms with Crippen molar-refractivity contribution in [2.75, 3.05) is 6.54 Å². The second kappa shape index (κ2) is 11.7. The standard InChI is InChI=1S/C32H49IN2O4S/c1-5-23-25-8-6-7-17-31(25,3)27-15-18-32(4)24(13-14-26(32)28(27)29(23)36)20(2)16-19-34-30(37)35-40(38,39)22-11-9-21(33)10-12-22/h9-12,20,23-29,36H,5-8,13-19H2,1-4H3,(H2,34,35,37)/t20-,23-,24-,25+,26+,27+,28+,29-,31+,32-/m1/s1. The number of carbonyl (C=O) groups excluding carboxylic acids is 1. The molecule has 0 heterocycles. The molecule has 224 valence electrons. The van der Waals surface area contributed by atoms with Gasteiger partial charge in [0, 0.05) is 10.1 Å². The van der Waals surface area contributed by atoms with E-state index < -0.39 is 16.1 Å². The van der Waals surface area contributed by atoms with Crippen molar-refractivity contribution in [3.63, 3.8) is 0 Å². The highest BCUT2D eigenvalue weighted by atomic mass is 127. The van der Waals surface area contributed by atoms with Gasteiger partial charge in [0.05, 0.1) is 11.0 Å². The van der Waals surface area contributed by atoms with Gasteiger partial charge >= 0.3 is 6.03 Å². The maximum atomic E-state index is 12.6. The number of rotatable bonds is 7. The summed E-state index contributed by atoms with van der Waals surface area (Å²) in [4.78, 5) is 12.5. The summed E-state index contributed by atoms with van der Waals surface area (Å²) in [6.45, 7) is 10.1. The van der Waals surface area contributed by atoms with Crippen molar-refractivity contribution in [1.82, 2.24) is 10.0 Å². The van der Waals surface area contributed by atoms with Crippen molar-refractivity contribution in [3.05, 3.63) is 27.8 Å². The largest absolute Gasteiger partial charge is 0.393 e. The highest BCUT2D eigenvalue weighted by Crippen LogP contribution is 2.69. The zero-order chi connectivity index (χ0) is 28.9. The first-order chi connectivity index (χ1) is 18.9. The summed E-state index contributed by atoms with van der Waals surface area (Å²) in [6.07, 6.45) is 11.9. The lowest BCUT2D eigenvalue weighted by Crippen LogP contribution is -2.61. The summed E-state index contributed by atoms with van der Waals surface area (Å²) >= 11 is 2.12. The lowest BCUT2D eigenvalue weighted by Gasteiger charge is -2.64. The van der Waals surface area contributed by atoms with Crippen LogP contribution in [0.25, 0.3) is 0 Å². The van der Waals surface area contributed by atoms with Crippen LogP contribution in [0, 0.1) is 55.8 Å². The molecular weight excluding hydrogens is 635 g/mol. The van der Waals surface area contributed by atoms with E-state index in [0.717, 1.165) is 16.4 Å². The predicted octanol–water partition coefficient (Wildman–Crippen LogP) is 6.96. The Kier molecular flexibility index (Phi) is 8.92. The third-order valence-corrected chi connectivity index (χ3v) is 14.4. The second-order valence-corrected chi connectivity index (χ2v) is 16.9. The minimum absolute atomic E-state index is 0.0839. The van der Waals surface area contributed by atoms with Gasteiger partial charge in [-0.2, -0.15) is 0 Å². The number of aliphatic hydroxyl groups is 1. The summed E-state index contributed by atoms with van der Waals surface area (Å²) in [5.41, 5.74) is 0.595. The molecule has 0 saturated heterocycles. The molecule has 4 saturated carbocycles. The van der Waals surface area contributed by atoms with Crippen LogP contribution >= 0.6 is 22.6 Å². The average molecular weight is 685 g/mol. The first-order valence-corrected chi connectivity index (χ1v) is 18.2. The molecule has 5 rings (SSSR count). The number of amides is 2. The van der Waals surface area contributed by atoms with E-state index in [1.165, 1.54) is 63.5 Å². The normalized spacial score (nSPS) is 39.9. The van der Waals surface area contributed by atoms with Crippen molar-refractivity contribution < 1.29 is 18.3 Å². The Morgan fingerprint density at radius 3 is 2.42 bits per heavy atom. The minimum atomic E-state index is -3.89. The van der Waals surface area contributed by atoms with E-state index in [0.29, 0.717) is 53.4 Å². The molecule has 1 aromatic carbocycles. The maximum Gasteiger partial charge on any atom is 0.328 e. The zero-order valence-electron chi connectivity index (χ0n) is 24.7. The second-order valence-electron chi connectivity index (χ2n) is 14.0. The van der Waals surface area contributed by atoms with Crippen molar-refractivity contribution in [3.8, 4) is 0 Å². The lowest BCUT2D eigenvalue weighted by molar-refractivity contribution is -0.194. The van der Waals surface area contributed by atoms with E-state index in [1.807, 2.05) is 0 Å². The van der Waals surface area contributed by atoms with Gasteiger partial charge in [0.2, 0.25) is 0 Å². The Labute approximate surface area is 255 Å².